The number of likely N-dealkylation sites (N-methyl/N-ethyl adjacent to an activating group) is 1. The molecule has 2 aromatic rings. The molecule has 2 aromatic carbocycles. The van der Waals surface area contributed by atoms with Crippen molar-refractivity contribution in [3.05, 3.63) is 59.7 Å². The number of rotatable bonds is 2. The van der Waals surface area contributed by atoms with Gasteiger partial charge in [0.15, 0.2) is 0 Å². The predicted octanol–water partition coefficient (Wildman–Crippen LogP) is 2.56. The molecule has 1 heterocycles. The average molecular weight is 277 g/mol. The van der Waals surface area contributed by atoms with Crippen molar-refractivity contribution in [2.24, 2.45) is 0 Å². The predicted molar refractivity (Wildman–Crippen MR) is 82.1 cm³/mol. The Morgan fingerprint density at radius 1 is 1.24 bits per heavy atom. The molecule has 4 heteroatoms. The Morgan fingerprint density at radius 3 is 2.71 bits per heavy atom. The number of fused-ring (bicyclic) bond motifs is 1. The number of hydrogen-bond donors (Lipinski definition) is 1. The van der Waals surface area contributed by atoms with Crippen LogP contribution < -0.4 is 10.2 Å². The van der Waals surface area contributed by atoms with Gasteiger partial charge in [0, 0.05) is 19.2 Å². The molecule has 0 spiro atoms. The number of hydrogen-bond acceptors (Lipinski definition) is 3. The summed E-state index contributed by atoms with van der Waals surface area (Å²) >= 11 is 0. The summed E-state index contributed by atoms with van der Waals surface area (Å²) < 4.78 is 0. The lowest BCUT2D eigenvalue weighted by Gasteiger charge is -2.22. The van der Waals surface area contributed by atoms with Crippen molar-refractivity contribution in [3.63, 3.8) is 0 Å². The molecule has 0 saturated carbocycles. The standard InChI is InChI=1S/C17H15N3O/c1-20(16-9-5-3-7-13(16)11-18)17(21)15-10-12-6-2-4-8-14(12)19-15/h2-9,15,19H,10H2,1H3/t15-/m0/s1. The van der Waals surface area contributed by atoms with Crippen LogP contribution in [0.2, 0.25) is 0 Å². The Hall–Kier alpha value is -2.80. The largest absolute Gasteiger partial charge is 0.373 e. The molecular weight excluding hydrogens is 262 g/mol. The van der Waals surface area contributed by atoms with Crippen LogP contribution in [0.15, 0.2) is 48.5 Å². The molecule has 3 rings (SSSR count). The van der Waals surface area contributed by atoms with Gasteiger partial charge in [0.25, 0.3) is 0 Å². The van der Waals surface area contributed by atoms with Crippen LogP contribution >= 0.6 is 0 Å². The highest BCUT2D eigenvalue weighted by molar-refractivity contribution is 6.00. The van der Waals surface area contributed by atoms with Crippen LogP contribution in [0.4, 0.5) is 11.4 Å². The number of nitriles is 1. The van der Waals surface area contributed by atoms with Gasteiger partial charge in [-0.15, -0.1) is 0 Å². The first-order valence-electron chi connectivity index (χ1n) is 6.82. The second-order valence-electron chi connectivity index (χ2n) is 5.08. The number of carbonyl (C=O) groups is 1. The number of nitrogens with one attached hydrogen (secondary N) is 1. The highest BCUT2D eigenvalue weighted by Gasteiger charge is 2.29. The fourth-order valence-corrected chi connectivity index (χ4v) is 2.66. The highest BCUT2D eigenvalue weighted by Crippen LogP contribution is 2.27. The van der Waals surface area contributed by atoms with Gasteiger partial charge in [-0.1, -0.05) is 30.3 Å². The number of benzene rings is 2. The maximum atomic E-state index is 12.6. The highest BCUT2D eigenvalue weighted by atomic mass is 16.2. The van der Waals surface area contributed by atoms with Gasteiger partial charge in [0.05, 0.1) is 11.3 Å². The molecule has 0 fully saturated rings. The van der Waals surface area contributed by atoms with E-state index in [0.29, 0.717) is 17.7 Å². The zero-order chi connectivity index (χ0) is 14.8. The average Bonchev–Trinajstić information content (AvgIpc) is 2.97. The molecule has 0 saturated heterocycles. The van der Waals surface area contributed by atoms with Gasteiger partial charge in [-0.05, 0) is 23.8 Å². The van der Waals surface area contributed by atoms with E-state index in [1.54, 1.807) is 30.1 Å². The lowest BCUT2D eigenvalue weighted by atomic mass is 10.1. The van der Waals surface area contributed by atoms with Crippen molar-refractivity contribution >= 4 is 17.3 Å². The van der Waals surface area contributed by atoms with E-state index in [2.05, 4.69) is 11.4 Å². The smallest absolute Gasteiger partial charge is 0.249 e. The second-order valence-corrected chi connectivity index (χ2v) is 5.08. The number of anilines is 2. The van der Waals surface area contributed by atoms with Crippen LogP contribution in [0.5, 0.6) is 0 Å². The summed E-state index contributed by atoms with van der Waals surface area (Å²) in [6, 6.07) is 16.9. The third-order valence-corrected chi connectivity index (χ3v) is 3.79. The first kappa shape index (κ1) is 13.2. The monoisotopic (exact) mass is 277 g/mol. The molecule has 1 amide bonds. The quantitative estimate of drug-likeness (QED) is 0.917. The second kappa shape index (κ2) is 5.29. The van der Waals surface area contributed by atoms with Gasteiger partial charge < -0.3 is 10.2 Å². The molecular formula is C17H15N3O. The molecule has 1 aliphatic heterocycles. The normalized spacial score (nSPS) is 15.7. The Bertz CT molecular complexity index is 708. The molecule has 1 atom stereocenters. The first-order chi connectivity index (χ1) is 10.2. The lowest BCUT2D eigenvalue weighted by molar-refractivity contribution is -0.118. The van der Waals surface area contributed by atoms with Crippen molar-refractivity contribution in [3.8, 4) is 6.07 Å². The van der Waals surface area contributed by atoms with Gasteiger partial charge in [-0.3, -0.25) is 4.79 Å². The van der Waals surface area contributed by atoms with Crippen LogP contribution in [-0.2, 0) is 11.2 Å². The number of para-hydroxylation sites is 2. The SMILES string of the molecule is CN(C(=O)[C@@H]1Cc2ccccc2N1)c1ccccc1C#N. The van der Waals surface area contributed by atoms with Gasteiger partial charge >= 0.3 is 0 Å². The number of nitrogens with zero attached hydrogens (tertiary/aromatic N) is 2. The summed E-state index contributed by atoms with van der Waals surface area (Å²) in [6.45, 7) is 0. The van der Waals surface area contributed by atoms with Crippen molar-refractivity contribution < 1.29 is 4.79 Å². The summed E-state index contributed by atoms with van der Waals surface area (Å²) in [5, 5.41) is 12.4. The zero-order valence-electron chi connectivity index (χ0n) is 11.7. The van der Waals surface area contributed by atoms with Crippen LogP contribution in [0.1, 0.15) is 11.1 Å². The van der Waals surface area contributed by atoms with E-state index in [-0.39, 0.29) is 11.9 Å². The van der Waals surface area contributed by atoms with Crippen molar-refractivity contribution in [1.82, 2.24) is 0 Å². The van der Waals surface area contributed by atoms with Gasteiger partial charge in [-0.2, -0.15) is 5.26 Å². The minimum absolute atomic E-state index is 0.0334. The van der Waals surface area contributed by atoms with Crippen LogP contribution in [0.3, 0.4) is 0 Å². The Balaban J connectivity index is 1.82. The van der Waals surface area contributed by atoms with E-state index in [1.165, 1.54) is 0 Å². The fraction of sp³-hybridized carbons (Fsp3) is 0.176. The van der Waals surface area contributed by atoms with E-state index < -0.39 is 0 Å². The Morgan fingerprint density at radius 2 is 1.95 bits per heavy atom. The minimum atomic E-state index is -0.279. The van der Waals surface area contributed by atoms with Gasteiger partial charge in [-0.25, -0.2) is 0 Å². The van der Waals surface area contributed by atoms with E-state index in [4.69, 9.17) is 5.26 Å². The molecule has 104 valence electrons. The summed E-state index contributed by atoms with van der Waals surface area (Å²) in [4.78, 5) is 14.2. The fourth-order valence-electron chi connectivity index (χ4n) is 2.66. The lowest BCUT2D eigenvalue weighted by Crippen LogP contribution is -2.40. The van der Waals surface area contributed by atoms with E-state index in [0.717, 1.165) is 11.3 Å². The molecule has 21 heavy (non-hydrogen) atoms. The molecule has 0 unspecified atom stereocenters. The summed E-state index contributed by atoms with van der Waals surface area (Å²) in [6.07, 6.45) is 0.675. The molecule has 0 aromatic heterocycles. The van der Waals surface area contributed by atoms with Gasteiger partial charge in [0.1, 0.15) is 12.1 Å². The van der Waals surface area contributed by atoms with Crippen LogP contribution in [-0.4, -0.2) is 19.0 Å². The maximum absolute atomic E-state index is 12.6. The topological polar surface area (TPSA) is 56.1 Å². The third-order valence-electron chi connectivity index (χ3n) is 3.79. The van der Waals surface area contributed by atoms with Crippen LogP contribution in [0.25, 0.3) is 0 Å². The van der Waals surface area contributed by atoms with Crippen molar-refractivity contribution in [2.75, 3.05) is 17.3 Å². The van der Waals surface area contributed by atoms with Gasteiger partial charge in [0.2, 0.25) is 5.91 Å². The Labute approximate surface area is 123 Å². The molecule has 0 radical (unpaired) electrons. The third kappa shape index (κ3) is 2.34. The summed E-state index contributed by atoms with van der Waals surface area (Å²) in [5.74, 6) is -0.0334. The molecule has 0 aliphatic carbocycles. The van der Waals surface area contributed by atoms with Crippen molar-refractivity contribution in [2.45, 2.75) is 12.5 Å². The van der Waals surface area contributed by atoms with Crippen molar-refractivity contribution in [1.29, 1.82) is 5.26 Å². The molecule has 4 nitrogen and oxygen atoms in total. The van der Waals surface area contributed by atoms with E-state index in [1.807, 2.05) is 30.3 Å². The molecule has 1 aliphatic rings. The number of amides is 1. The molecule has 0 bridgehead atoms. The number of carbonyl (C=O) groups excluding carboxylic acids is 1. The van der Waals surface area contributed by atoms with Crippen LogP contribution in [0, 0.1) is 11.3 Å². The minimum Gasteiger partial charge on any atom is -0.373 e. The first-order valence-corrected chi connectivity index (χ1v) is 6.82. The maximum Gasteiger partial charge on any atom is 0.249 e. The summed E-state index contributed by atoms with van der Waals surface area (Å²) in [7, 11) is 1.71. The summed E-state index contributed by atoms with van der Waals surface area (Å²) in [5.41, 5.74) is 3.31. The van der Waals surface area contributed by atoms with E-state index >= 15 is 0 Å². The zero-order valence-corrected chi connectivity index (χ0v) is 11.7. The Kier molecular flexibility index (Phi) is 3.33. The van der Waals surface area contributed by atoms with E-state index in [9.17, 15) is 4.79 Å². The molecule has 1 N–H and O–H groups in total.